The molecule has 1 aromatic carbocycles. The van der Waals surface area contributed by atoms with E-state index < -0.39 is 11.9 Å². The van der Waals surface area contributed by atoms with Crippen molar-refractivity contribution in [1.82, 2.24) is 19.5 Å². The summed E-state index contributed by atoms with van der Waals surface area (Å²) in [5, 5.41) is 3.96. The maximum atomic E-state index is 13.7. The summed E-state index contributed by atoms with van der Waals surface area (Å²) >= 11 is 3.31. The third-order valence-electron chi connectivity index (χ3n) is 5.15. The summed E-state index contributed by atoms with van der Waals surface area (Å²) in [5.74, 6) is 0.174. The number of piperidine rings is 1. The minimum atomic E-state index is -4.64. The van der Waals surface area contributed by atoms with Crippen LogP contribution in [0.3, 0.4) is 0 Å². The molecule has 1 aliphatic rings. The minimum Gasteiger partial charge on any atom is -0.337 e. The van der Waals surface area contributed by atoms with Crippen LogP contribution < -0.4 is 0 Å². The smallest absolute Gasteiger partial charge is 0.337 e. The van der Waals surface area contributed by atoms with Gasteiger partial charge in [0.05, 0.1) is 5.69 Å². The van der Waals surface area contributed by atoms with Crippen molar-refractivity contribution in [3.05, 3.63) is 52.3 Å². The fourth-order valence-corrected chi connectivity index (χ4v) is 3.69. The number of nitrogens with zero attached hydrogens (tertiary/aromatic N) is 4. The van der Waals surface area contributed by atoms with Crippen molar-refractivity contribution in [3.8, 4) is 11.3 Å². The number of benzene rings is 1. The van der Waals surface area contributed by atoms with E-state index in [0.717, 1.165) is 23.4 Å². The molecular weight excluding hydrogens is 449 g/mol. The highest BCUT2D eigenvalue weighted by Gasteiger charge is 2.36. The number of likely N-dealkylation sites (tertiary alicyclic amines) is 1. The first-order valence-electron chi connectivity index (χ1n) is 9.25. The summed E-state index contributed by atoms with van der Waals surface area (Å²) in [5.41, 5.74) is -0.285. The summed E-state index contributed by atoms with van der Waals surface area (Å²) in [4.78, 5) is 18.7. The van der Waals surface area contributed by atoms with E-state index in [4.69, 9.17) is 0 Å². The standard InChI is InChI=1S/C20H18BrF3N4O/c1-12-6-8-27(9-7-12)19(29)16-11-18-25-15(13-2-4-14(21)5-3-13)10-17(20(22,23)24)28(18)26-16/h2-5,10-12H,6-9H2,1H3. The molecule has 0 radical (unpaired) electrons. The molecule has 1 fully saturated rings. The van der Waals surface area contributed by atoms with Gasteiger partial charge in [0, 0.05) is 29.2 Å². The van der Waals surface area contributed by atoms with Crippen LogP contribution in [0, 0.1) is 5.92 Å². The Morgan fingerprint density at radius 1 is 1.14 bits per heavy atom. The number of hydrogen-bond donors (Lipinski definition) is 0. The molecule has 1 amide bonds. The van der Waals surface area contributed by atoms with Gasteiger partial charge >= 0.3 is 6.18 Å². The number of carbonyl (C=O) groups excluding carboxylic acids is 1. The second-order valence-corrected chi connectivity index (χ2v) is 8.22. The molecule has 0 atom stereocenters. The van der Waals surface area contributed by atoms with Gasteiger partial charge in [-0.1, -0.05) is 35.0 Å². The Hall–Kier alpha value is -2.42. The number of aromatic nitrogens is 3. The molecule has 1 aliphatic heterocycles. The highest BCUT2D eigenvalue weighted by molar-refractivity contribution is 9.10. The molecule has 1 saturated heterocycles. The van der Waals surface area contributed by atoms with E-state index in [1.807, 2.05) is 0 Å². The zero-order valence-electron chi connectivity index (χ0n) is 15.6. The molecule has 29 heavy (non-hydrogen) atoms. The predicted molar refractivity (Wildman–Crippen MR) is 105 cm³/mol. The van der Waals surface area contributed by atoms with Crippen LogP contribution in [0.15, 0.2) is 40.9 Å². The summed E-state index contributed by atoms with van der Waals surface area (Å²) in [6.45, 7) is 3.28. The van der Waals surface area contributed by atoms with E-state index in [9.17, 15) is 18.0 Å². The molecule has 0 saturated carbocycles. The zero-order chi connectivity index (χ0) is 20.8. The first-order valence-corrected chi connectivity index (χ1v) is 10.0. The Morgan fingerprint density at radius 2 is 1.79 bits per heavy atom. The molecule has 0 aliphatic carbocycles. The summed E-state index contributed by atoms with van der Waals surface area (Å²) in [6, 6.07) is 9.12. The van der Waals surface area contributed by atoms with Crippen LogP contribution in [-0.4, -0.2) is 38.5 Å². The fraction of sp³-hybridized carbons (Fsp3) is 0.350. The molecular formula is C20H18BrF3N4O. The van der Waals surface area contributed by atoms with E-state index in [1.54, 1.807) is 29.2 Å². The van der Waals surface area contributed by atoms with Crippen molar-refractivity contribution in [3.63, 3.8) is 0 Å². The van der Waals surface area contributed by atoms with E-state index in [2.05, 4.69) is 32.9 Å². The third kappa shape index (κ3) is 4.01. The fourth-order valence-electron chi connectivity index (χ4n) is 3.42. The maximum absolute atomic E-state index is 13.7. The van der Waals surface area contributed by atoms with Gasteiger partial charge < -0.3 is 4.90 Å². The van der Waals surface area contributed by atoms with Gasteiger partial charge in [-0.3, -0.25) is 4.79 Å². The van der Waals surface area contributed by atoms with Crippen molar-refractivity contribution < 1.29 is 18.0 Å². The summed E-state index contributed by atoms with van der Waals surface area (Å²) in [7, 11) is 0. The summed E-state index contributed by atoms with van der Waals surface area (Å²) in [6.07, 6.45) is -2.89. The highest BCUT2D eigenvalue weighted by Crippen LogP contribution is 2.33. The average molecular weight is 467 g/mol. The van der Waals surface area contributed by atoms with Crippen LogP contribution in [0.4, 0.5) is 13.2 Å². The highest BCUT2D eigenvalue weighted by atomic mass is 79.9. The van der Waals surface area contributed by atoms with E-state index >= 15 is 0 Å². The molecule has 0 bridgehead atoms. The SMILES string of the molecule is CC1CCN(C(=O)c2cc3nc(-c4ccc(Br)cc4)cc(C(F)(F)F)n3n2)CC1. The van der Waals surface area contributed by atoms with Crippen molar-refractivity contribution >= 4 is 27.5 Å². The first kappa shape index (κ1) is 19.9. The van der Waals surface area contributed by atoms with Crippen LogP contribution in [0.25, 0.3) is 16.9 Å². The van der Waals surface area contributed by atoms with Crippen LogP contribution >= 0.6 is 15.9 Å². The van der Waals surface area contributed by atoms with E-state index in [1.165, 1.54) is 6.07 Å². The van der Waals surface area contributed by atoms with Gasteiger partial charge in [0.25, 0.3) is 5.91 Å². The van der Waals surface area contributed by atoms with Crippen molar-refractivity contribution in [1.29, 1.82) is 0 Å². The van der Waals surface area contributed by atoms with Gasteiger partial charge in [0.1, 0.15) is 0 Å². The van der Waals surface area contributed by atoms with Gasteiger partial charge in [-0.2, -0.15) is 18.3 Å². The number of alkyl halides is 3. The lowest BCUT2D eigenvalue weighted by Crippen LogP contribution is -2.38. The Balaban J connectivity index is 1.78. The van der Waals surface area contributed by atoms with Crippen molar-refractivity contribution in [2.75, 3.05) is 13.1 Å². The minimum absolute atomic E-state index is 0.00790. The van der Waals surface area contributed by atoms with Gasteiger partial charge in [0.15, 0.2) is 17.0 Å². The van der Waals surface area contributed by atoms with E-state index in [0.29, 0.717) is 29.1 Å². The molecule has 9 heteroatoms. The molecule has 3 heterocycles. The van der Waals surface area contributed by atoms with Gasteiger partial charge in [-0.25, -0.2) is 9.50 Å². The molecule has 4 rings (SSSR count). The number of halogens is 4. The monoisotopic (exact) mass is 466 g/mol. The van der Waals surface area contributed by atoms with Gasteiger partial charge in [-0.05, 0) is 37.0 Å². The van der Waals surface area contributed by atoms with Gasteiger partial charge in [-0.15, -0.1) is 0 Å². The largest absolute Gasteiger partial charge is 0.433 e. The number of carbonyl (C=O) groups is 1. The topological polar surface area (TPSA) is 50.5 Å². The van der Waals surface area contributed by atoms with E-state index in [-0.39, 0.29) is 22.9 Å². The molecule has 0 N–H and O–H groups in total. The number of rotatable bonds is 2. The average Bonchev–Trinajstić information content (AvgIpc) is 3.11. The summed E-state index contributed by atoms with van der Waals surface area (Å²) < 4.78 is 42.6. The Morgan fingerprint density at radius 3 is 2.41 bits per heavy atom. The quantitative estimate of drug-likeness (QED) is 0.530. The molecule has 5 nitrogen and oxygen atoms in total. The molecule has 2 aromatic heterocycles. The third-order valence-corrected chi connectivity index (χ3v) is 5.68. The molecule has 0 unspecified atom stereocenters. The lowest BCUT2D eigenvalue weighted by Gasteiger charge is -2.29. The molecule has 0 spiro atoms. The van der Waals surface area contributed by atoms with Crippen LogP contribution in [0.5, 0.6) is 0 Å². The number of hydrogen-bond acceptors (Lipinski definition) is 3. The Bertz CT molecular complexity index is 1050. The normalized spacial score (nSPS) is 15.8. The van der Waals surface area contributed by atoms with Gasteiger partial charge in [0.2, 0.25) is 0 Å². The lowest BCUT2D eigenvalue weighted by molar-refractivity contribution is -0.142. The zero-order valence-corrected chi connectivity index (χ0v) is 17.2. The Labute approximate surface area is 173 Å². The second-order valence-electron chi connectivity index (χ2n) is 7.31. The number of amides is 1. The lowest BCUT2D eigenvalue weighted by atomic mass is 9.99. The van der Waals surface area contributed by atoms with Crippen molar-refractivity contribution in [2.45, 2.75) is 25.9 Å². The first-order chi connectivity index (χ1) is 13.7. The van der Waals surface area contributed by atoms with Crippen LogP contribution in [0.2, 0.25) is 0 Å². The number of fused-ring (bicyclic) bond motifs is 1. The van der Waals surface area contributed by atoms with Crippen molar-refractivity contribution in [2.24, 2.45) is 5.92 Å². The Kier molecular flexibility index (Phi) is 5.10. The van der Waals surface area contributed by atoms with Crippen LogP contribution in [-0.2, 0) is 6.18 Å². The molecule has 152 valence electrons. The maximum Gasteiger partial charge on any atom is 0.433 e. The van der Waals surface area contributed by atoms with Crippen LogP contribution in [0.1, 0.15) is 35.9 Å². The molecule has 3 aromatic rings. The second kappa shape index (κ2) is 7.44. The predicted octanol–water partition coefficient (Wildman–Crippen LogP) is 5.05.